The van der Waals surface area contributed by atoms with Crippen molar-refractivity contribution in [3.05, 3.63) is 49.3 Å². The molecule has 0 amide bonds. The lowest BCUT2D eigenvalue weighted by molar-refractivity contribution is 0.550. The smallest absolute Gasteiger partial charge is 0.0701 e. The molecule has 18 heavy (non-hydrogen) atoms. The molecule has 2 nitrogen and oxygen atoms in total. The van der Waals surface area contributed by atoms with Gasteiger partial charge in [-0.25, -0.2) is 0 Å². The molecule has 0 aromatic carbocycles. The Morgan fingerprint density at radius 2 is 2.17 bits per heavy atom. The Morgan fingerprint density at radius 1 is 1.33 bits per heavy atom. The van der Waals surface area contributed by atoms with E-state index in [2.05, 4.69) is 66.6 Å². The molecule has 0 radical (unpaired) electrons. The first-order valence-corrected chi connectivity index (χ1v) is 8.22. The Balaban J connectivity index is 2.16. The molecule has 0 saturated carbocycles. The van der Waals surface area contributed by atoms with Gasteiger partial charge < -0.3 is 5.32 Å². The minimum atomic E-state index is 0.341. The standard InChI is InChI=1S/C13H14Br2N2S/c1-2-17-12(10-5-13(15)18-8-10)4-9-3-11(14)7-16-6-9/h3,5-8,12,17H,2,4H2,1H3. The highest BCUT2D eigenvalue weighted by molar-refractivity contribution is 9.11. The first kappa shape index (κ1) is 14.2. The first-order valence-electron chi connectivity index (χ1n) is 5.75. The lowest BCUT2D eigenvalue weighted by Gasteiger charge is -2.16. The largest absolute Gasteiger partial charge is 0.310 e. The van der Waals surface area contributed by atoms with E-state index in [1.807, 2.05) is 12.4 Å². The predicted octanol–water partition coefficient (Wildman–Crippen LogP) is 4.56. The second-order valence-corrected chi connectivity index (χ2v) is 7.22. The highest BCUT2D eigenvalue weighted by Crippen LogP contribution is 2.27. The lowest BCUT2D eigenvalue weighted by atomic mass is 10.0. The minimum Gasteiger partial charge on any atom is -0.310 e. The van der Waals surface area contributed by atoms with Crippen LogP contribution >= 0.6 is 43.2 Å². The molecule has 1 atom stereocenters. The molecule has 2 aromatic heterocycles. The van der Waals surface area contributed by atoms with Crippen LogP contribution in [0, 0.1) is 0 Å². The average molecular weight is 390 g/mol. The van der Waals surface area contributed by atoms with Gasteiger partial charge in [0.1, 0.15) is 0 Å². The Hall–Kier alpha value is -0.230. The number of nitrogens with zero attached hydrogens (tertiary/aromatic N) is 1. The molecule has 2 heterocycles. The van der Waals surface area contributed by atoms with E-state index in [1.54, 1.807) is 11.3 Å². The quantitative estimate of drug-likeness (QED) is 0.810. The van der Waals surface area contributed by atoms with Crippen molar-refractivity contribution in [3.8, 4) is 0 Å². The number of pyridine rings is 1. The molecule has 0 saturated heterocycles. The summed E-state index contributed by atoms with van der Waals surface area (Å²) in [5, 5.41) is 5.72. The summed E-state index contributed by atoms with van der Waals surface area (Å²) in [4.78, 5) is 4.21. The number of aromatic nitrogens is 1. The van der Waals surface area contributed by atoms with Crippen molar-refractivity contribution in [1.82, 2.24) is 10.3 Å². The van der Waals surface area contributed by atoms with Gasteiger partial charge in [0.15, 0.2) is 0 Å². The maximum Gasteiger partial charge on any atom is 0.0701 e. The topological polar surface area (TPSA) is 24.9 Å². The Morgan fingerprint density at radius 3 is 2.78 bits per heavy atom. The van der Waals surface area contributed by atoms with Crippen molar-refractivity contribution in [2.75, 3.05) is 6.54 Å². The van der Waals surface area contributed by atoms with Gasteiger partial charge in [-0.2, -0.15) is 0 Å². The molecular weight excluding hydrogens is 376 g/mol. The highest BCUT2D eigenvalue weighted by Gasteiger charge is 2.13. The van der Waals surface area contributed by atoms with E-state index in [-0.39, 0.29) is 0 Å². The average Bonchev–Trinajstić information content (AvgIpc) is 2.75. The van der Waals surface area contributed by atoms with Gasteiger partial charge in [0.2, 0.25) is 0 Å². The predicted molar refractivity (Wildman–Crippen MR) is 84.1 cm³/mol. The fraction of sp³-hybridized carbons (Fsp3) is 0.308. The normalized spacial score (nSPS) is 12.6. The molecule has 2 rings (SSSR count). The molecule has 0 fully saturated rings. The summed E-state index contributed by atoms with van der Waals surface area (Å²) in [7, 11) is 0. The molecule has 1 N–H and O–H groups in total. The van der Waals surface area contributed by atoms with Crippen LogP contribution in [0.25, 0.3) is 0 Å². The van der Waals surface area contributed by atoms with Gasteiger partial charge in [-0.05, 0) is 73.5 Å². The number of hydrogen-bond acceptors (Lipinski definition) is 3. The zero-order valence-corrected chi connectivity index (χ0v) is 14.0. The summed E-state index contributed by atoms with van der Waals surface area (Å²) in [5.41, 5.74) is 2.56. The Labute approximate surface area is 128 Å². The van der Waals surface area contributed by atoms with E-state index in [9.17, 15) is 0 Å². The van der Waals surface area contributed by atoms with E-state index >= 15 is 0 Å². The molecule has 2 aromatic rings. The van der Waals surface area contributed by atoms with E-state index < -0.39 is 0 Å². The molecule has 0 aliphatic carbocycles. The van der Waals surface area contributed by atoms with Crippen molar-refractivity contribution in [2.24, 2.45) is 0 Å². The van der Waals surface area contributed by atoms with E-state index in [0.29, 0.717) is 6.04 Å². The van der Waals surface area contributed by atoms with Crippen LogP contribution in [-0.2, 0) is 6.42 Å². The van der Waals surface area contributed by atoms with Gasteiger partial charge in [0.25, 0.3) is 0 Å². The SMILES string of the molecule is CCNC(Cc1cncc(Br)c1)c1csc(Br)c1. The number of likely N-dealkylation sites (N-methyl/N-ethyl adjacent to an activating group) is 1. The van der Waals surface area contributed by atoms with Gasteiger partial charge in [-0.3, -0.25) is 4.98 Å². The van der Waals surface area contributed by atoms with Gasteiger partial charge in [0, 0.05) is 22.9 Å². The van der Waals surface area contributed by atoms with Crippen molar-refractivity contribution >= 4 is 43.2 Å². The van der Waals surface area contributed by atoms with Crippen LogP contribution < -0.4 is 5.32 Å². The second kappa shape index (κ2) is 6.80. The van der Waals surface area contributed by atoms with Crippen LogP contribution in [0.4, 0.5) is 0 Å². The molecule has 5 heteroatoms. The minimum absolute atomic E-state index is 0.341. The van der Waals surface area contributed by atoms with Gasteiger partial charge in [0.05, 0.1) is 3.79 Å². The molecule has 0 aliphatic rings. The van der Waals surface area contributed by atoms with Crippen molar-refractivity contribution in [3.63, 3.8) is 0 Å². The van der Waals surface area contributed by atoms with Gasteiger partial charge in [-0.15, -0.1) is 11.3 Å². The number of nitrogens with one attached hydrogen (secondary N) is 1. The summed E-state index contributed by atoms with van der Waals surface area (Å²) in [6.45, 7) is 3.09. The molecular formula is C13H14Br2N2S. The molecule has 0 aliphatic heterocycles. The third-order valence-electron chi connectivity index (χ3n) is 2.64. The van der Waals surface area contributed by atoms with Gasteiger partial charge in [-0.1, -0.05) is 6.92 Å². The summed E-state index contributed by atoms with van der Waals surface area (Å²) < 4.78 is 2.20. The maximum atomic E-state index is 4.21. The van der Waals surface area contributed by atoms with E-state index in [0.717, 1.165) is 17.4 Å². The van der Waals surface area contributed by atoms with E-state index in [1.165, 1.54) is 14.9 Å². The zero-order chi connectivity index (χ0) is 13.0. The number of hydrogen-bond donors (Lipinski definition) is 1. The fourth-order valence-corrected chi connectivity index (χ4v) is 3.51. The summed E-state index contributed by atoms with van der Waals surface area (Å²) in [6, 6.07) is 4.65. The maximum absolute atomic E-state index is 4.21. The summed E-state index contributed by atoms with van der Waals surface area (Å²) in [6.07, 6.45) is 4.69. The molecule has 0 spiro atoms. The van der Waals surface area contributed by atoms with Crippen LogP contribution in [0.3, 0.4) is 0 Å². The third kappa shape index (κ3) is 3.88. The monoisotopic (exact) mass is 388 g/mol. The van der Waals surface area contributed by atoms with Crippen LogP contribution in [0.15, 0.2) is 38.2 Å². The summed E-state index contributed by atoms with van der Waals surface area (Å²) in [5.74, 6) is 0. The van der Waals surface area contributed by atoms with Crippen LogP contribution in [0.5, 0.6) is 0 Å². The number of halogens is 2. The lowest BCUT2D eigenvalue weighted by Crippen LogP contribution is -2.22. The molecule has 0 bridgehead atoms. The van der Waals surface area contributed by atoms with Crippen LogP contribution in [0.1, 0.15) is 24.1 Å². The second-order valence-electron chi connectivity index (χ2n) is 4.01. The van der Waals surface area contributed by atoms with Crippen LogP contribution in [-0.4, -0.2) is 11.5 Å². The fourth-order valence-electron chi connectivity index (χ4n) is 1.86. The van der Waals surface area contributed by atoms with Gasteiger partial charge >= 0.3 is 0 Å². The van der Waals surface area contributed by atoms with Crippen LogP contribution in [0.2, 0.25) is 0 Å². The van der Waals surface area contributed by atoms with Crippen molar-refractivity contribution in [2.45, 2.75) is 19.4 Å². The molecule has 96 valence electrons. The van der Waals surface area contributed by atoms with Crippen molar-refractivity contribution < 1.29 is 0 Å². The first-order chi connectivity index (χ1) is 8.69. The van der Waals surface area contributed by atoms with E-state index in [4.69, 9.17) is 0 Å². The zero-order valence-electron chi connectivity index (χ0n) is 9.99. The number of thiophene rings is 1. The van der Waals surface area contributed by atoms with Crippen molar-refractivity contribution in [1.29, 1.82) is 0 Å². The third-order valence-corrected chi connectivity index (χ3v) is 4.60. The number of rotatable bonds is 5. The summed E-state index contributed by atoms with van der Waals surface area (Å²) >= 11 is 8.71. The Bertz CT molecular complexity index is 513. The Kier molecular flexibility index (Phi) is 5.36. The highest BCUT2D eigenvalue weighted by atomic mass is 79.9. The molecule has 1 unspecified atom stereocenters.